The zero-order chi connectivity index (χ0) is 14.4. The molecule has 112 valence electrons. The molecule has 3 atom stereocenters. The minimum Gasteiger partial charge on any atom is -0.375 e. The number of amides is 1. The quantitative estimate of drug-likeness (QED) is 0.853. The molecule has 3 unspecified atom stereocenters. The summed E-state index contributed by atoms with van der Waals surface area (Å²) >= 11 is 0. The molecule has 4 nitrogen and oxygen atoms in total. The molecular formula is C17H22N2O2. The van der Waals surface area contributed by atoms with Crippen LogP contribution in [0.5, 0.6) is 0 Å². The molecule has 2 saturated carbocycles. The molecule has 4 rings (SSSR count). The number of ether oxygens (including phenoxy) is 1. The van der Waals surface area contributed by atoms with Crippen LogP contribution in [0.25, 0.3) is 0 Å². The lowest BCUT2D eigenvalue weighted by Gasteiger charge is -2.27. The second-order valence-electron chi connectivity index (χ2n) is 6.85. The molecule has 0 aromatic carbocycles. The highest BCUT2D eigenvalue weighted by Crippen LogP contribution is 2.41. The zero-order valence-corrected chi connectivity index (χ0v) is 12.5. The first kappa shape index (κ1) is 13.3. The van der Waals surface area contributed by atoms with Crippen molar-refractivity contribution in [2.45, 2.75) is 44.8 Å². The van der Waals surface area contributed by atoms with Crippen molar-refractivity contribution in [1.82, 2.24) is 9.88 Å². The Labute approximate surface area is 125 Å². The predicted molar refractivity (Wildman–Crippen MR) is 79.0 cm³/mol. The molecule has 1 saturated heterocycles. The highest BCUT2D eigenvalue weighted by Gasteiger charge is 2.49. The van der Waals surface area contributed by atoms with Gasteiger partial charge < -0.3 is 9.64 Å². The summed E-state index contributed by atoms with van der Waals surface area (Å²) in [7, 11) is 0. The van der Waals surface area contributed by atoms with E-state index in [0.29, 0.717) is 11.5 Å². The molecule has 1 aromatic rings. The molecule has 0 spiro atoms. The van der Waals surface area contributed by atoms with Crippen molar-refractivity contribution >= 4 is 5.91 Å². The summed E-state index contributed by atoms with van der Waals surface area (Å²) in [6.07, 6.45) is 8.67. The van der Waals surface area contributed by atoms with Gasteiger partial charge >= 0.3 is 0 Å². The number of nitrogens with zero attached hydrogens (tertiary/aromatic N) is 2. The fraction of sp³-hybridized carbons (Fsp3) is 0.647. The number of rotatable bonds is 4. The number of carbonyl (C=O) groups excluding carboxylic acids is 1. The van der Waals surface area contributed by atoms with Gasteiger partial charge in [0.05, 0.1) is 17.7 Å². The largest absolute Gasteiger partial charge is 0.375 e. The number of pyridine rings is 1. The summed E-state index contributed by atoms with van der Waals surface area (Å²) in [6, 6.07) is 2.21. The van der Waals surface area contributed by atoms with Gasteiger partial charge in [-0.1, -0.05) is 0 Å². The highest BCUT2D eigenvalue weighted by molar-refractivity contribution is 5.94. The van der Waals surface area contributed by atoms with Crippen molar-refractivity contribution < 1.29 is 9.53 Å². The molecule has 1 aromatic heterocycles. The maximum Gasteiger partial charge on any atom is 0.255 e. The highest BCUT2D eigenvalue weighted by atomic mass is 16.5. The molecule has 3 fully saturated rings. The SMILES string of the molecule is Cc1cncc(C(=O)N2CC3CCC2C3OCC2CC2)c1. The van der Waals surface area contributed by atoms with Crippen LogP contribution in [0.2, 0.25) is 0 Å². The number of likely N-dealkylation sites (tertiary alicyclic amines) is 1. The molecule has 2 aliphatic carbocycles. The molecule has 3 aliphatic rings. The van der Waals surface area contributed by atoms with E-state index < -0.39 is 0 Å². The van der Waals surface area contributed by atoms with Gasteiger partial charge in [-0.05, 0) is 50.2 Å². The predicted octanol–water partition coefficient (Wildman–Crippen LogP) is 2.42. The van der Waals surface area contributed by atoms with Crippen molar-refractivity contribution in [1.29, 1.82) is 0 Å². The first-order valence-electron chi connectivity index (χ1n) is 8.06. The first-order valence-corrected chi connectivity index (χ1v) is 8.06. The number of aromatic nitrogens is 1. The average molecular weight is 286 g/mol. The topological polar surface area (TPSA) is 42.4 Å². The number of hydrogen-bond acceptors (Lipinski definition) is 3. The lowest BCUT2D eigenvalue weighted by molar-refractivity contribution is 0.0208. The molecule has 2 heterocycles. The van der Waals surface area contributed by atoms with Crippen LogP contribution in [0.15, 0.2) is 18.5 Å². The van der Waals surface area contributed by atoms with Crippen LogP contribution in [0.3, 0.4) is 0 Å². The summed E-state index contributed by atoms with van der Waals surface area (Å²) in [4.78, 5) is 18.9. The summed E-state index contributed by atoms with van der Waals surface area (Å²) in [5.74, 6) is 1.45. The normalized spacial score (nSPS) is 30.9. The second-order valence-corrected chi connectivity index (χ2v) is 6.85. The first-order chi connectivity index (χ1) is 10.2. The Kier molecular flexibility index (Phi) is 3.21. The summed E-state index contributed by atoms with van der Waals surface area (Å²) in [5.41, 5.74) is 1.75. The molecule has 1 aliphatic heterocycles. The number of carbonyl (C=O) groups is 1. The van der Waals surface area contributed by atoms with E-state index in [2.05, 4.69) is 4.98 Å². The van der Waals surface area contributed by atoms with Crippen molar-refractivity contribution in [2.24, 2.45) is 11.8 Å². The minimum absolute atomic E-state index is 0.124. The fourth-order valence-electron chi connectivity index (χ4n) is 3.79. The van der Waals surface area contributed by atoms with Crippen LogP contribution in [-0.2, 0) is 4.74 Å². The smallest absolute Gasteiger partial charge is 0.255 e. The third kappa shape index (κ3) is 2.46. The fourth-order valence-corrected chi connectivity index (χ4v) is 3.79. The van der Waals surface area contributed by atoms with Gasteiger partial charge in [-0.3, -0.25) is 9.78 Å². The van der Waals surface area contributed by atoms with Crippen molar-refractivity contribution in [2.75, 3.05) is 13.2 Å². The van der Waals surface area contributed by atoms with Gasteiger partial charge in [0, 0.05) is 31.5 Å². The van der Waals surface area contributed by atoms with Gasteiger partial charge in [-0.2, -0.15) is 0 Å². The number of fused-ring (bicyclic) bond motifs is 2. The summed E-state index contributed by atoms with van der Waals surface area (Å²) < 4.78 is 6.14. The Bertz CT molecular complexity index is 555. The Morgan fingerprint density at radius 2 is 2.19 bits per heavy atom. The van der Waals surface area contributed by atoms with E-state index in [1.165, 1.54) is 19.3 Å². The van der Waals surface area contributed by atoms with Gasteiger partial charge in [-0.25, -0.2) is 0 Å². The molecule has 2 bridgehead atoms. The monoisotopic (exact) mass is 286 g/mol. The third-order valence-corrected chi connectivity index (χ3v) is 5.11. The van der Waals surface area contributed by atoms with Crippen molar-refractivity contribution in [3.63, 3.8) is 0 Å². The molecular weight excluding hydrogens is 264 g/mol. The lowest BCUT2D eigenvalue weighted by Crippen LogP contribution is -2.40. The van der Waals surface area contributed by atoms with Gasteiger partial charge in [0.1, 0.15) is 0 Å². The minimum atomic E-state index is 0.124. The van der Waals surface area contributed by atoms with Crippen LogP contribution in [-0.4, -0.2) is 41.1 Å². The van der Waals surface area contributed by atoms with Gasteiger partial charge in [-0.15, -0.1) is 0 Å². The van der Waals surface area contributed by atoms with E-state index >= 15 is 0 Å². The van der Waals surface area contributed by atoms with E-state index in [1.807, 2.05) is 17.9 Å². The van der Waals surface area contributed by atoms with E-state index in [4.69, 9.17) is 4.74 Å². The Balaban J connectivity index is 1.47. The van der Waals surface area contributed by atoms with Gasteiger partial charge in [0.15, 0.2) is 0 Å². The molecule has 0 N–H and O–H groups in total. The van der Waals surface area contributed by atoms with E-state index in [-0.39, 0.29) is 18.1 Å². The Morgan fingerprint density at radius 1 is 1.33 bits per heavy atom. The van der Waals surface area contributed by atoms with E-state index in [0.717, 1.165) is 31.1 Å². The maximum atomic E-state index is 12.7. The number of aryl methyl sites for hydroxylation is 1. The van der Waals surface area contributed by atoms with Crippen LogP contribution in [0.4, 0.5) is 0 Å². The van der Waals surface area contributed by atoms with E-state index in [9.17, 15) is 4.79 Å². The molecule has 0 radical (unpaired) electrons. The van der Waals surface area contributed by atoms with Crippen LogP contribution in [0.1, 0.15) is 41.6 Å². The third-order valence-electron chi connectivity index (χ3n) is 5.11. The van der Waals surface area contributed by atoms with E-state index in [1.54, 1.807) is 12.4 Å². The molecule has 21 heavy (non-hydrogen) atoms. The Hall–Kier alpha value is -1.42. The van der Waals surface area contributed by atoms with Crippen LogP contribution >= 0.6 is 0 Å². The zero-order valence-electron chi connectivity index (χ0n) is 12.5. The molecule has 1 amide bonds. The maximum absolute atomic E-state index is 12.7. The van der Waals surface area contributed by atoms with Crippen LogP contribution < -0.4 is 0 Å². The Morgan fingerprint density at radius 3 is 2.95 bits per heavy atom. The van der Waals surface area contributed by atoms with Crippen molar-refractivity contribution in [3.05, 3.63) is 29.6 Å². The summed E-state index contributed by atoms with van der Waals surface area (Å²) in [5, 5.41) is 0. The standard InChI is InChI=1S/C17H22N2O2/c1-11-6-14(8-18-7-11)17(20)19-9-13-4-5-15(19)16(13)21-10-12-2-3-12/h6-8,12-13,15-16H,2-5,9-10H2,1H3. The van der Waals surface area contributed by atoms with Crippen LogP contribution in [0, 0.1) is 18.8 Å². The lowest BCUT2D eigenvalue weighted by atomic mass is 10.1. The number of piperidine rings is 1. The number of hydrogen-bond donors (Lipinski definition) is 0. The average Bonchev–Trinajstić information content (AvgIpc) is 3.17. The second kappa shape index (κ2) is 5.09. The molecule has 4 heteroatoms. The van der Waals surface area contributed by atoms with Gasteiger partial charge in [0.2, 0.25) is 0 Å². The summed E-state index contributed by atoms with van der Waals surface area (Å²) in [6.45, 7) is 3.72. The van der Waals surface area contributed by atoms with Crippen molar-refractivity contribution in [3.8, 4) is 0 Å². The van der Waals surface area contributed by atoms with Gasteiger partial charge in [0.25, 0.3) is 5.91 Å².